The standard InChI is InChI=1S/C19H19N3O5S/c1-3-27-19(23)14(12-20)13-21-15-7-6-8-16(11-15)28(24,25)22-17-9-4-5-10-18(17)26-2/h4-11,13,21-22H,3H2,1-2H3/b14-13+. The van der Waals surface area contributed by atoms with Gasteiger partial charge in [0.05, 0.1) is 24.3 Å². The van der Waals surface area contributed by atoms with Gasteiger partial charge in [0.25, 0.3) is 10.0 Å². The maximum Gasteiger partial charge on any atom is 0.350 e. The van der Waals surface area contributed by atoms with Crippen molar-refractivity contribution in [3.05, 3.63) is 60.3 Å². The van der Waals surface area contributed by atoms with E-state index in [0.717, 1.165) is 6.20 Å². The zero-order valence-corrected chi connectivity index (χ0v) is 16.1. The Morgan fingerprint density at radius 1 is 1.21 bits per heavy atom. The second kappa shape index (κ2) is 9.43. The van der Waals surface area contributed by atoms with Gasteiger partial charge in [-0.15, -0.1) is 0 Å². The molecular formula is C19H19N3O5S. The topological polar surface area (TPSA) is 118 Å². The van der Waals surface area contributed by atoms with Crippen LogP contribution < -0.4 is 14.8 Å². The minimum Gasteiger partial charge on any atom is -0.495 e. The highest BCUT2D eigenvalue weighted by molar-refractivity contribution is 7.92. The zero-order chi connectivity index (χ0) is 20.6. The summed E-state index contributed by atoms with van der Waals surface area (Å²) in [4.78, 5) is 11.6. The number of methoxy groups -OCH3 is 1. The number of nitriles is 1. The molecule has 8 nitrogen and oxygen atoms in total. The van der Waals surface area contributed by atoms with Gasteiger partial charge >= 0.3 is 5.97 Å². The Morgan fingerprint density at radius 2 is 1.96 bits per heavy atom. The third kappa shape index (κ3) is 5.25. The lowest BCUT2D eigenvalue weighted by molar-refractivity contribution is -0.138. The van der Waals surface area contributed by atoms with Crippen LogP contribution in [-0.2, 0) is 19.6 Å². The number of nitrogens with one attached hydrogen (secondary N) is 2. The van der Waals surface area contributed by atoms with Crippen LogP contribution in [0.5, 0.6) is 5.75 Å². The number of ether oxygens (including phenoxy) is 2. The van der Waals surface area contributed by atoms with Gasteiger partial charge in [0.1, 0.15) is 11.8 Å². The second-order valence-electron chi connectivity index (χ2n) is 5.37. The summed E-state index contributed by atoms with van der Waals surface area (Å²) in [6.45, 7) is 1.77. The summed E-state index contributed by atoms with van der Waals surface area (Å²) in [6.07, 6.45) is 1.16. The summed E-state index contributed by atoms with van der Waals surface area (Å²) in [6, 6.07) is 14.3. The fraction of sp³-hybridized carbons (Fsp3) is 0.158. The quantitative estimate of drug-likeness (QED) is 0.397. The van der Waals surface area contributed by atoms with E-state index < -0.39 is 16.0 Å². The summed E-state index contributed by atoms with van der Waals surface area (Å²) in [5.41, 5.74) is 0.444. The normalized spacial score (nSPS) is 11.2. The molecule has 0 unspecified atom stereocenters. The summed E-state index contributed by atoms with van der Waals surface area (Å²) in [5, 5.41) is 11.8. The molecule has 0 heterocycles. The van der Waals surface area contributed by atoms with Crippen molar-refractivity contribution in [2.45, 2.75) is 11.8 Å². The van der Waals surface area contributed by atoms with Crippen LogP contribution >= 0.6 is 0 Å². The average Bonchev–Trinajstić information content (AvgIpc) is 2.69. The van der Waals surface area contributed by atoms with E-state index in [-0.39, 0.29) is 17.1 Å². The van der Waals surface area contributed by atoms with E-state index in [1.165, 1.54) is 25.3 Å². The fourth-order valence-electron chi connectivity index (χ4n) is 2.19. The number of rotatable bonds is 8. The summed E-state index contributed by atoms with van der Waals surface area (Å²) < 4.78 is 37.7. The molecule has 9 heteroatoms. The number of sulfonamides is 1. The highest BCUT2D eigenvalue weighted by Crippen LogP contribution is 2.26. The molecule has 2 rings (SSSR count). The lowest BCUT2D eigenvalue weighted by atomic mass is 10.3. The Balaban J connectivity index is 2.24. The summed E-state index contributed by atoms with van der Waals surface area (Å²) in [7, 11) is -2.44. The Hall–Kier alpha value is -3.51. The van der Waals surface area contributed by atoms with Gasteiger partial charge in [0, 0.05) is 11.9 Å². The van der Waals surface area contributed by atoms with Crippen LogP contribution in [0.15, 0.2) is 65.2 Å². The number of hydrogen-bond donors (Lipinski definition) is 2. The highest BCUT2D eigenvalue weighted by Gasteiger charge is 2.17. The average molecular weight is 401 g/mol. The van der Waals surface area contributed by atoms with Gasteiger partial charge in [-0.2, -0.15) is 5.26 Å². The molecule has 0 saturated carbocycles. The molecule has 2 aromatic carbocycles. The first-order chi connectivity index (χ1) is 13.4. The molecular weight excluding hydrogens is 382 g/mol. The summed E-state index contributed by atoms with van der Waals surface area (Å²) >= 11 is 0. The maximum absolute atomic E-state index is 12.7. The molecule has 0 aliphatic carbocycles. The van der Waals surface area contributed by atoms with Gasteiger partial charge in [-0.1, -0.05) is 18.2 Å². The maximum atomic E-state index is 12.7. The molecule has 146 valence electrons. The van der Waals surface area contributed by atoms with Crippen molar-refractivity contribution in [1.82, 2.24) is 0 Å². The van der Waals surface area contributed by atoms with Crippen LogP contribution in [0.3, 0.4) is 0 Å². The van der Waals surface area contributed by atoms with E-state index in [9.17, 15) is 13.2 Å². The predicted octanol–water partition coefficient (Wildman–Crippen LogP) is 2.88. The van der Waals surface area contributed by atoms with Gasteiger partial charge in [-0.05, 0) is 37.3 Å². The number of benzene rings is 2. The molecule has 0 aliphatic heterocycles. The molecule has 0 fully saturated rings. The van der Waals surface area contributed by atoms with Gasteiger partial charge in [-0.3, -0.25) is 4.72 Å². The number of carbonyl (C=O) groups is 1. The third-order valence-electron chi connectivity index (χ3n) is 3.49. The second-order valence-corrected chi connectivity index (χ2v) is 7.05. The number of anilines is 2. The molecule has 0 aliphatic rings. The minimum atomic E-state index is -3.88. The van der Waals surface area contributed by atoms with Crippen molar-refractivity contribution in [2.75, 3.05) is 23.8 Å². The smallest absolute Gasteiger partial charge is 0.350 e. The molecule has 0 saturated heterocycles. The number of carbonyl (C=O) groups excluding carboxylic acids is 1. The first-order valence-electron chi connectivity index (χ1n) is 8.21. The lowest BCUT2D eigenvalue weighted by Crippen LogP contribution is -2.14. The predicted molar refractivity (Wildman–Crippen MR) is 104 cm³/mol. The Bertz CT molecular complexity index is 1030. The largest absolute Gasteiger partial charge is 0.495 e. The van der Waals surface area contributed by atoms with Crippen LogP contribution in [0.25, 0.3) is 0 Å². The lowest BCUT2D eigenvalue weighted by Gasteiger charge is -2.12. The van der Waals surface area contributed by atoms with Crippen molar-refractivity contribution in [1.29, 1.82) is 5.26 Å². The fourth-order valence-corrected chi connectivity index (χ4v) is 3.30. The van der Waals surface area contributed by atoms with Crippen LogP contribution in [0.2, 0.25) is 0 Å². The molecule has 0 bridgehead atoms. The molecule has 0 atom stereocenters. The minimum absolute atomic E-state index is 0.00792. The summed E-state index contributed by atoms with van der Waals surface area (Å²) in [5.74, 6) is -0.379. The van der Waals surface area contributed by atoms with Crippen molar-refractivity contribution in [3.63, 3.8) is 0 Å². The molecule has 0 radical (unpaired) electrons. The van der Waals surface area contributed by atoms with Gasteiger partial charge in [0.2, 0.25) is 0 Å². The van der Waals surface area contributed by atoms with E-state index >= 15 is 0 Å². The van der Waals surface area contributed by atoms with Gasteiger partial charge < -0.3 is 14.8 Å². The highest BCUT2D eigenvalue weighted by atomic mass is 32.2. The van der Waals surface area contributed by atoms with E-state index in [4.69, 9.17) is 14.7 Å². The molecule has 0 aromatic heterocycles. The van der Waals surface area contributed by atoms with E-state index in [0.29, 0.717) is 17.1 Å². The molecule has 0 spiro atoms. The Morgan fingerprint density at radius 3 is 2.64 bits per heavy atom. The molecule has 2 aromatic rings. The van der Waals surface area contributed by atoms with E-state index in [1.807, 2.05) is 0 Å². The molecule has 2 N–H and O–H groups in total. The van der Waals surface area contributed by atoms with Crippen LogP contribution in [-0.4, -0.2) is 28.1 Å². The SMILES string of the molecule is CCOC(=O)/C(C#N)=C/Nc1cccc(S(=O)(=O)Nc2ccccc2OC)c1. The van der Waals surface area contributed by atoms with Crippen LogP contribution in [0.1, 0.15) is 6.92 Å². The van der Waals surface area contributed by atoms with Crippen LogP contribution in [0, 0.1) is 11.3 Å². The number of para-hydroxylation sites is 2. The van der Waals surface area contributed by atoms with E-state index in [1.54, 1.807) is 43.3 Å². The first-order valence-corrected chi connectivity index (χ1v) is 9.69. The van der Waals surface area contributed by atoms with Gasteiger partial charge in [0.15, 0.2) is 5.57 Å². The number of hydrogen-bond acceptors (Lipinski definition) is 7. The third-order valence-corrected chi connectivity index (χ3v) is 4.86. The number of esters is 1. The van der Waals surface area contributed by atoms with Crippen LogP contribution in [0.4, 0.5) is 11.4 Å². The number of nitrogens with zero attached hydrogens (tertiary/aromatic N) is 1. The van der Waals surface area contributed by atoms with Gasteiger partial charge in [-0.25, -0.2) is 13.2 Å². The zero-order valence-electron chi connectivity index (χ0n) is 15.3. The Labute approximate surface area is 163 Å². The molecule has 0 amide bonds. The molecule has 28 heavy (non-hydrogen) atoms. The van der Waals surface area contributed by atoms with Crippen molar-refractivity contribution in [2.24, 2.45) is 0 Å². The van der Waals surface area contributed by atoms with Crippen molar-refractivity contribution in [3.8, 4) is 11.8 Å². The first kappa shape index (κ1) is 20.8. The van der Waals surface area contributed by atoms with Crippen molar-refractivity contribution < 1.29 is 22.7 Å². The monoisotopic (exact) mass is 401 g/mol. The Kier molecular flexibility index (Phi) is 7.01. The van der Waals surface area contributed by atoms with E-state index in [2.05, 4.69) is 10.0 Å². The van der Waals surface area contributed by atoms with Crippen molar-refractivity contribution >= 4 is 27.4 Å².